The quantitative estimate of drug-likeness (QED) is 0.600. The van der Waals surface area contributed by atoms with Crippen molar-refractivity contribution in [1.82, 2.24) is 5.32 Å². The van der Waals surface area contributed by atoms with Crippen LogP contribution in [-0.4, -0.2) is 30.9 Å². The van der Waals surface area contributed by atoms with Crippen LogP contribution >= 0.6 is 0 Å². The van der Waals surface area contributed by atoms with E-state index in [1.807, 2.05) is 31.7 Å². The number of rotatable bonds is 3. The maximum Gasteiger partial charge on any atom is 0.335 e. The molecule has 0 radical (unpaired) electrons. The highest BCUT2D eigenvalue weighted by Gasteiger charge is 2.37. The van der Waals surface area contributed by atoms with E-state index in [9.17, 15) is 18.8 Å². The first-order chi connectivity index (χ1) is 14.7. The van der Waals surface area contributed by atoms with Crippen molar-refractivity contribution >= 4 is 35.3 Å². The Kier molecular flexibility index (Phi) is 5.35. The van der Waals surface area contributed by atoms with Gasteiger partial charge in [-0.15, -0.1) is 0 Å². The number of barbiturate groups is 1. The zero-order chi connectivity index (χ0) is 22.3. The van der Waals surface area contributed by atoms with Crippen LogP contribution in [0.5, 0.6) is 0 Å². The number of nitrogens with one attached hydrogen (secondary N) is 1. The van der Waals surface area contributed by atoms with Crippen molar-refractivity contribution in [2.24, 2.45) is 0 Å². The summed E-state index contributed by atoms with van der Waals surface area (Å²) in [6.07, 6.45) is 3.41. The van der Waals surface area contributed by atoms with Crippen LogP contribution in [0.3, 0.4) is 0 Å². The summed E-state index contributed by atoms with van der Waals surface area (Å²) < 4.78 is 14.8. The van der Waals surface area contributed by atoms with Crippen LogP contribution in [0.1, 0.15) is 35.1 Å². The van der Waals surface area contributed by atoms with Gasteiger partial charge >= 0.3 is 6.03 Å². The molecule has 31 heavy (non-hydrogen) atoms. The van der Waals surface area contributed by atoms with Crippen molar-refractivity contribution in [3.8, 4) is 0 Å². The third kappa shape index (κ3) is 3.95. The third-order valence-electron chi connectivity index (χ3n) is 5.65. The van der Waals surface area contributed by atoms with Gasteiger partial charge in [0.2, 0.25) is 0 Å². The normalized spacial score (nSPS) is 18.2. The minimum absolute atomic E-state index is 0.213. The van der Waals surface area contributed by atoms with Gasteiger partial charge in [-0.25, -0.2) is 14.1 Å². The SMILES string of the molecule is Cc1cc(C)cc(N2C(=O)NC(=O)C(=Cc3cc(F)c(N4CCCC4)cc3C)C2=O)c1. The summed E-state index contributed by atoms with van der Waals surface area (Å²) in [7, 11) is 0. The Bertz CT molecular complexity index is 1110. The molecule has 4 amide bonds. The first-order valence-electron chi connectivity index (χ1n) is 10.3. The lowest BCUT2D eigenvalue weighted by Gasteiger charge is -2.27. The molecule has 0 spiro atoms. The minimum Gasteiger partial charge on any atom is -0.369 e. The maximum absolute atomic E-state index is 14.8. The van der Waals surface area contributed by atoms with Crippen LogP contribution in [0.4, 0.5) is 20.6 Å². The number of hydrogen-bond acceptors (Lipinski definition) is 4. The molecule has 0 bridgehead atoms. The molecule has 0 aliphatic carbocycles. The topological polar surface area (TPSA) is 69.7 Å². The van der Waals surface area contributed by atoms with Gasteiger partial charge in [0, 0.05) is 13.1 Å². The molecule has 1 N–H and O–H groups in total. The Morgan fingerprint density at radius 3 is 2.23 bits per heavy atom. The van der Waals surface area contributed by atoms with E-state index >= 15 is 0 Å². The highest BCUT2D eigenvalue weighted by atomic mass is 19.1. The molecule has 2 aliphatic heterocycles. The van der Waals surface area contributed by atoms with Crippen LogP contribution in [0.2, 0.25) is 0 Å². The largest absolute Gasteiger partial charge is 0.369 e. The van der Waals surface area contributed by atoms with Gasteiger partial charge < -0.3 is 4.90 Å². The van der Waals surface area contributed by atoms with Crippen molar-refractivity contribution in [2.75, 3.05) is 22.9 Å². The summed E-state index contributed by atoms with van der Waals surface area (Å²) in [5, 5.41) is 2.21. The molecule has 160 valence electrons. The summed E-state index contributed by atoms with van der Waals surface area (Å²) in [5.41, 5.74) is 3.63. The molecule has 2 fully saturated rings. The Hall–Kier alpha value is -3.48. The second-order valence-corrected chi connectivity index (χ2v) is 8.16. The zero-order valence-corrected chi connectivity index (χ0v) is 17.8. The van der Waals surface area contributed by atoms with E-state index in [1.54, 1.807) is 18.2 Å². The number of aryl methyl sites for hydroxylation is 3. The number of urea groups is 1. The van der Waals surface area contributed by atoms with Crippen LogP contribution in [0.15, 0.2) is 35.9 Å². The number of benzene rings is 2. The van der Waals surface area contributed by atoms with E-state index in [1.165, 1.54) is 12.1 Å². The Morgan fingerprint density at radius 2 is 1.58 bits per heavy atom. The van der Waals surface area contributed by atoms with E-state index in [0.29, 0.717) is 16.9 Å². The molecule has 0 saturated carbocycles. The van der Waals surface area contributed by atoms with Crippen molar-refractivity contribution in [1.29, 1.82) is 0 Å². The standard InChI is InChI=1S/C24H24FN3O3/c1-14-8-15(2)10-18(9-14)28-23(30)19(22(29)26-24(28)31)12-17-13-20(25)21(11-16(17)3)27-6-4-5-7-27/h8-13H,4-7H2,1-3H3,(H,26,29,31). The fourth-order valence-corrected chi connectivity index (χ4v) is 4.16. The smallest absolute Gasteiger partial charge is 0.335 e. The first kappa shape index (κ1) is 20.8. The summed E-state index contributed by atoms with van der Waals surface area (Å²) >= 11 is 0. The van der Waals surface area contributed by atoms with Gasteiger partial charge in [-0.05, 0) is 86.2 Å². The second kappa shape index (κ2) is 7.98. The summed E-state index contributed by atoms with van der Waals surface area (Å²) in [6, 6.07) is 7.61. The molecular weight excluding hydrogens is 397 g/mol. The molecular formula is C24H24FN3O3. The highest BCUT2D eigenvalue weighted by molar-refractivity contribution is 6.39. The molecule has 0 aromatic heterocycles. The molecule has 0 unspecified atom stereocenters. The van der Waals surface area contributed by atoms with Gasteiger partial charge in [-0.3, -0.25) is 14.9 Å². The Labute approximate surface area is 180 Å². The molecule has 2 aliphatic rings. The summed E-state index contributed by atoms with van der Waals surface area (Å²) in [4.78, 5) is 40.9. The highest BCUT2D eigenvalue weighted by Crippen LogP contribution is 2.29. The minimum atomic E-state index is -0.801. The van der Waals surface area contributed by atoms with Crippen LogP contribution in [0, 0.1) is 26.6 Å². The summed E-state index contributed by atoms with van der Waals surface area (Å²) in [6.45, 7) is 7.15. The zero-order valence-electron chi connectivity index (χ0n) is 17.8. The van der Waals surface area contributed by atoms with Gasteiger partial charge in [0.05, 0.1) is 11.4 Å². The molecule has 2 saturated heterocycles. The van der Waals surface area contributed by atoms with Gasteiger partial charge in [0.25, 0.3) is 11.8 Å². The van der Waals surface area contributed by atoms with Crippen LogP contribution < -0.4 is 15.1 Å². The number of hydrogen-bond donors (Lipinski definition) is 1. The number of imide groups is 2. The molecule has 6 nitrogen and oxygen atoms in total. The Balaban J connectivity index is 1.72. The molecule has 2 heterocycles. The third-order valence-corrected chi connectivity index (χ3v) is 5.65. The number of carbonyl (C=O) groups excluding carboxylic acids is 3. The predicted molar refractivity (Wildman–Crippen MR) is 118 cm³/mol. The van der Waals surface area contributed by atoms with Crippen molar-refractivity contribution in [2.45, 2.75) is 33.6 Å². The van der Waals surface area contributed by atoms with E-state index in [-0.39, 0.29) is 5.57 Å². The molecule has 4 rings (SSSR count). The number of carbonyl (C=O) groups is 3. The lowest BCUT2D eigenvalue weighted by molar-refractivity contribution is -0.122. The van der Waals surface area contributed by atoms with Gasteiger partial charge in [-0.2, -0.15) is 0 Å². The second-order valence-electron chi connectivity index (χ2n) is 8.16. The number of anilines is 2. The molecule has 2 aromatic carbocycles. The maximum atomic E-state index is 14.8. The fourth-order valence-electron chi connectivity index (χ4n) is 4.16. The van der Waals surface area contributed by atoms with E-state index in [2.05, 4.69) is 5.32 Å². The molecule has 7 heteroatoms. The van der Waals surface area contributed by atoms with E-state index in [4.69, 9.17) is 0 Å². The number of amides is 4. The summed E-state index contributed by atoms with van der Waals surface area (Å²) in [5.74, 6) is -1.92. The van der Waals surface area contributed by atoms with Gasteiger partial charge in [-0.1, -0.05) is 6.07 Å². The molecule has 0 atom stereocenters. The van der Waals surface area contributed by atoms with Gasteiger partial charge in [0.1, 0.15) is 11.4 Å². The number of nitrogens with zero attached hydrogens (tertiary/aromatic N) is 2. The molecule has 2 aromatic rings. The van der Waals surface area contributed by atoms with Gasteiger partial charge in [0.15, 0.2) is 0 Å². The average Bonchev–Trinajstić information content (AvgIpc) is 3.21. The van der Waals surface area contributed by atoms with Crippen molar-refractivity contribution in [3.05, 3.63) is 64.0 Å². The van der Waals surface area contributed by atoms with Crippen LogP contribution in [0.25, 0.3) is 6.08 Å². The van der Waals surface area contributed by atoms with Crippen molar-refractivity contribution < 1.29 is 18.8 Å². The number of halogens is 1. The van der Waals surface area contributed by atoms with Crippen LogP contribution in [-0.2, 0) is 9.59 Å². The van der Waals surface area contributed by atoms with E-state index < -0.39 is 23.7 Å². The first-order valence-corrected chi connectivity index (χ1v) is 10.3. The van der Waals surface area contributed by atoms with Crippen molar-refractivity contribution in [3.63, 3.8) is 0 Å². The van der Waals surface area contributed by atoms with E-state index in [0.717, 1.165) is 47.5 Å². The monoisotopic (exact) mass is 421 g/mol. The predicted octanol–water partition coefficient (Wildman–Crippen LogP) is 4.02. The lowest BCUT2D eigenvalue weighted by Crippen LogP contribution is -2.54. The fraction of sp³-hybridized carbons (Fsp3) is 0.292. The lowest BCUT2D eigenvalue weighted by atomic mass is 10.0. The average molecular weight is 421 g/mol. The Morgan fingerprint density at radius 1 is 0.935 bits per heavy atom.